The molecule has 1 aliphatic heterocycles. The van der Waals surface area contributed by atoms with Crippen LogP contribution in [0.5, 0.6) is 0 Å². The third-order valence-corrected chi connectivity index (χ3v) is 6.79. The Hall–Kier alpha value is -3.05. The van der Waals surface area contributed by atoms with E-state index in [4.69, 9.17) is 11.6 Å². The number of hydrogen-bond donors (Lipinski definition) is 1. The quantitative estimate of drug-likeness (QED) is 0.515. The van der Waals surface area contributed by atoms with Gasteiger partial charge in [-0.3, -0.25) is 9.78 Å². The molecule has 5 rings (SSSR count). The van der Waals surface area contributed by atoms with Crippen molar-refractivity contribution >= 4 is 28.8 Å². The van der Waals surface area contributed by atoms with Crippen molar-refractivity contribution in [2.24, 2.45) is 0 Å². The number of nitrogens with one attached hydrogen (secondary N) is 1. The molecule has 2 aliphatic rings. The van der Waals surface area contributed by atoms with Gasteiger partial charge in [-0.25, -0.2) is 9.37 Å². The van der Waals surface area contributed by atoms with Crippen molar-refractivity contribution in [3.05, 3.63) is 82.0 Å². The number of aromatic nitrogens is 2. The largest absolute Gasteiger partial charge is 0.369 e. The first-order valence-electron chi connectivity index (χ1n) is 10.3. The number of benzene rings is 1. The third kappa shape index (κ3) is 3.07. The summed E-state index contributed by atoms with van der Waals surface area (Å²) >= 11 is 6.92. The number of carbonyl (C=O) groups is 1. The number of pyridine rings is 2. The van der Waals surface area contributed by atoms with Gasteiger partial charge in [0.1, 0.15) is 11.6 Å². The van der Waals surface area contributed by atoms with Gasteiger partial charge in [0.05, 0.1) is 10.6 Å². The molecule has 31 heavy (non-hydrogen) atoms. The lowest BCUT2D eigenvalue weighted by Gasteiger charge is -2.23. The average Bonchev–Trinajstić information content (AvgIpc) is 3.35. The van der Waals surface area contributed by atoms with E-state index in [9.17, 15) is 4.79 Å². The summed E-state index contributed by atoms with van der Waals surface area (Å²) in [6.07, 6.45) is 9.27. The van der Waals surface area contributed by atoms with Gasteiger partial charge in [0.25, 0.3) is 0 Å². The number of carbonyl (C=O) groups excluding carboxylic acids is 1. The molecule has 0 bridgehead atoms. The van der Waals surface area contributed by atoms with Gasteiger partial charge >= 0.3 is 0 Å². The molecular weight excluding hydrogens is 413 g/mol. The summed E-state index contributed by atoms with van der Waals surface area (Å²) in [5.41, 5.74) is 4.44. The van der Waals surface area contributed by atoms with Gasteiger partial charge in [-0.15, -0.1) is 0 Å². The fourth-order valence-corrected chi connectivity index (χ4v) is 5.29. The molecule has 0 radical (unpaired) electrons. The van der Waals surface area contributed by atoms with Crippen molar-refractivity contribution in [3.8, 4) is 11.1 Å². The van der Waals surface area contributed by atoms with Crippen LogP contribution < -0.4 is 5.32 Å². The summed E-state index contributed by atoms with van der Waals surface area (Å²) in [6, 6.07) is 7.42. The lowest BCUT2D eigenvalue weighted by atomic mass is 9.81. The molecule has 2 aromatic heterocycles. The normalized spacial score (nSPS) is 19.3. The van der Waals surface area contributed by atoms with E-state index in [-0.39, 0.29) is 16.8 Å². The molecular formula is C25H21ClFN3O. The first-order valence-corrected chi connectivity index (χ1v) is 10.6. The van der Waals surface area contributed by atoms with Gasteiger partial charge in [-0.2, -0.15) is 0 Å². The zero-order valence-electron chi connectivity index (χ0n) is 17.3. The molecule has 0 fully saturated rings. The van der Waals surface area contributed by atoms with E-state index in [1.54, 1.807) is 31.5 Å². The Morgan fingerprint density at radius 2 is 2.06 bits per heavy atom. The first kappa shape index (κ1) is 19.9. The summed E-state index contributed by atoms with van der Waals surface area (Å²) in [5, 5.41) is 3.86. The number of nitrogens with zero attached hydrogens (tertiary/aromatic N) is 2. The monoisotopic (exact) mass is 433 g/mol. The van der Waals surface area contributed by atoms with Crippen LogP contribution in [0.4, 0.5) is 10.2 Å². The molecule has 0 saturated heterocycles. The molecule has 0 saturated carbocycles. The number of hydrogen-bond acceptors (Lipinski definition) is 4. The third-order valence-electron chi connectivity index (χ3n) is 6.40. The van der Waals surface area contributed by atoms with Crippen LogP contribution >= 0.6 is 11.6 Å². The Balaban J connectivity index is 1.65. The predicted octanol–water partition coefficient (Wildman–Crippen LogP) is 5.99. The summed E-state index contributed by atoms with van der Waals surface area (Å²) in [5.74, 6) is -0.119. The van der Waals surface area contributed by atoms with E-state index in [0.717, 1.165) is 29.8 Å². The second kappa shape index (κ2) is 7.27. The molecule has 1 atom stereocenters. The minimum atomic E-state index is -0.547. The zero-order valence-corrected chi connectivity index (χ0v) is 18.1. The first-order chi connectivity index (χ1) is 14.9. The Labute approximate surface area is 185 Å². The molecule has 1 aliphatic carbocycles. The van der Waals surface area contributed by atoms with Crippen molar-refractivity contribution in [1.82, 2.24) is 9.97 Å². The van der Waals surface area contributed by atoms with Crippen LogP contribution in [0.25, 0.3) is 16.7 Å². The summed E-state index contributed by atoms with van der Waals surface area (Å²) < 4.78 is 15.3. The van der Waals surface area contributed by atoms with Crippen molar-refractivity contribution < 1.29 is 9.18 Å². The Kier molecular flexibility index (Phi) is 4.67. The number of anilines is 1. The Morgan fingerprint density at radius 3 is 2.81 bits per heavy atom. The number of Topliss-reactive ketones (excluding diaryl/α,β-unsaturated/α-hetero) is 1. The number of ketones is 1. The maximum atomic E-state index is 15.3. The van der Waals surface area contributed by atoms with Gasteiger partial charge < -0.3 is 5.32 Å². The van der Waals surface area contributed by atoms with Crippen molar-refractivity contribution in [1.29, 1.82) is 0 Å². The molecule has 3 aromatic rings. The molecule has 1 spiro atoms. The van der Waals surface area contributed by atoms with Gasteiger partial charge in [0, 0.05) is 47.2 Å². The van der Waals surface area contributed by atoms with E-state index in [1.165, 1.54) is 12.5 Å². The number of aryl methyl sites for hydroxylation is 1. The minimum Gasteiger partial charge on any atom is -0.369 e. The van der Waals surface area contributed by atoms with E-state index in [1.807, 2.05) is 12.3 Å². The molecule has 1 aromatic carbocycles. The van der Waals surface area contributed by atoms with E-state index >= 15 is 4.39 Å². The van der Waals surface area contributed by atoms with Crippen LogP contribution in [0.2, 0.25) is 5.02 Å². The molecule has 6 heteroatoms. The Bertz CT molecular complexity index is 1260. The molecule has 0 amide bonds. The van der Waals surface area contributed by atoms with E-state index in [2.05, 4.69) is 27.4 Å². The van der Waals surface area contributed by atoms with Crippen LogP contribution in [-0.2, 0) is 5.41 Å². The second-order valence-electron chi connectivity index (χ2n) is 8.31. The number of halogens is 2. The van der Waals surface area contributed by atoms with Crippen molar-refractivity contribution in [2.75, 3.05) is 11.9 Å². The summed E-state index contributed by atoms with van der Waals surface area (Å²) in [7, 11) is 0. The summed E-state index contributed by atoms with van der Waals surface area (Å²) in [4.78, 5) is 20.8. The van der Waals surface area contributed by atoms with Gasteiger partial charge in [0.15, 0.2) is 5.78 Å². The van der Waals surface area contributed by atoms with Crippen molar-refractivity contribution in [2.45, 2.75) is 32.1 Å². The highest BCUT2D eigenvalue weighted by Gasteiger charge is 2.44. The predicted molar refractivity (Wildman–Crippen MR) is 121 cm³/mol. The number of fused-ring (bicyclic) bond motifs is 2. The maximum Gasteiger partial charge on any atom is 0.163 e. The smallest absolute Gasteiger partial charge is 0.163 e. The molecule has 4 nitrogen and oxygen atoms in total. The summed E-state index contributed by atoms with van der Waals surface area (Å²) in [6.45, 7) is 3.80. The maximum absolute atomic E-state index is 15.3. The van der Waals surface area contributed by atoms with Gasteiger partial charge in [0.2, 0.25) is 0 Å². The van der Waals surface area contributed by atoms with Crippen LogP contribution in [-0.4, -0.2) is 22.3 Å². The van der Waals surface area contributed by atoms with Gasteiger partial charge in [-0.1, -0.05) is 35.9 Å². The SMILES string of the molecule is CC(=O)c1c(C)ccc(-c2cnc3c(c2Cl)C2(C=C(c4cccnc4)CC2)CN3)c1F. The number of allylic oxidation sites excluding steroid dienone is 1. The van der Waals surface area contributed by atoms with E-state index in [0.29, 0.717) is 28.3 Å². The number of rotatable bonds is 3. The minimum absolute atomic E-state index is 0.0986. The highest BCUT2D eigenvalue weighted by atomic mass is 35.5. The molecule has 156 valence electrons. The lowest BCUT2D eigenvalue weighted by molar-refractivity contribution is 0.101. The van der Waals surface area contributed by atoms with E-state index < -0.39 is 5.82 Å². The zero-order chi connectivity index (χ0) is 21.8. The fourth-order valence-electron chi connectivity index (χ4n) is 4.86. The van der Waals surface area contributed by atoms with Crippen LogP contribution in [0, 0.1) is 12.7 Å². The second-order valence-corrected chi connectivity index (χ2v) is 8.68. The molecule has 3 heterocycles. The fraction of sp³-hybridized carbons (Fsp3) is 0.240. The average molecular weight is 434 g/mol. The highest BCUT2D eigenvalue weighted by molar-refractivity contribution is 6.34. The van der Waals surface area contributed by atoms with Crippen LogP contribution in [0.1, 0.15) is 46.8 Å². The molecule has 1 unspecified atom stereocenters. The lowest BCUT2D eigenvalue weighted by Crippen LogP contribution is -2.23. The van der Waals surface area contributed by atoms with Crippen LogP contribution in [0.15, 0.2) is 48.9 Å². The topological polar surface area (TPSA) is 54.9 Å². The Morgan fingerprint density at radius 1 is 1.23 bits per heavy atom. The standard InChI is InChI=1S/C25H21ClFN3O/c1-14-5-6-18(23(27)20(14)15(2)31)19-12-29-24-21(22(19)26)25(13-30-24)8-7-16(10-25)17-4-3-9-28-11-17/h3-6,9-12H,7-8,13H2,1-2H3,(H,29,30). The van der Waals surface area contributed by atoms with Gasteiger partial charge in [-0.05, 0) is 49.5 Å². The molecule has 1 N–H and O–H groups in total. The van der Waals surface area contributed by atoms with Crippen molar-refractivity contribution in [3.63, 3.8) is 0 Å². The van der Waals surface area contributed by atoms with Crippen LogP contribution in [0.3, 0.4) is 0 Å². The highest BCUT2D eigenvalue weighted by Crippen LogP contribution is 2.52.